The number of piperazine rings is 1. The quantitative estimate of drug-likeness (QED) is 0.387. The van der Waals surface area contributed by atoms with Gasteiger partial charge in [-0.2, -0.15) is 9.78 Å². The number of nitrogens with zero attached hydrogens (tertiary/aromatic N) is 5. The lowest BCUT2D eigenvalue weighted by Crippen LogP contribution is -2.49. The molecule has 2 fully saturated rings. The molecule has 252 valence electrons. The van der Waals surface area contributed by atoms with Crippen LogP contribution in [-0.2, 0) is 18.4 Å². The average Bonchev–Trinajstić information content (AvgIpc) is 3.37. The van der Waals surface area contributed by atoms with Crippen molar-refractivity contribution in [3.05, 3.63) is 92.2 Å². The third-order valence-electron chi connectivity index (χ3n) is 11.1. The number of fused-ring (bicyclic) bond motifs is 9. The fraction of sp³-hybridized carbons (Fsp3) is 0.486. The van der Waals surface area contributed by atoms with E-state index >= 15 is 4.39 Å². The van der Waals surface area contributed by atoms with E-state index in [-0.39, 0.29) is 34.6 Å². The molecule has 0 radical (unpaired) electrons. The maximum atomic E-state index is 15.7. The zero-order chi connectivity index (χ0) is 33.2. The second kappa shape index (κ2) is 12.4. The summed E-state index contributed by atoms with van der Waals surface area (Å²) in [4.78, 5) is 33.3. The molecule has 1 saturated carbocycles. The standard InChI is InChI=1S/C37H43FN6O3S/c1-37-11-5-4-6-31(37)29-20-39-44(36(46)34(29)48-37)33-18-24(38)17-28-23-16-32(35(45)42(3)21-23)40-25-7-9-26(43-14-12-41(2)13-15-43)19-27(10-8-25)47-22-30(28)33/h7-9,16-18,20-21,26-27,31,40H,4-6,10-15,19,22H2,1-3H3. The summed E-state index contributed by atoms with van der Waals surface area (Å²) in [6.45, 7) is 6.35. The Morgan fingerprint density at radius 3 is 2.75 bits per heavy atom. The molecule has 2 aromatic heterocycles. The number of nitrogens with one attached hydrogen (secondary N) is 1. The van der Waals surface area contributed by atoms with Crippen LogP contribution >= 0.6 is 11.8 Å². The molecule has 1 aromatic carbocycles. The Balaban J connectivity index is 1.25. The summed E-state index contributed by atoms with van der Waals surface area (Å²) < 4.78 is 25.3. The van der Waals surface area contributed by atoms with E-state index in [0.717, 1.165) is 74.4 Å². The van der Waals surface area contributed by atoms with Crippen molar-refractivity contribution in [2.75, 3.05) is 38.5 Å². The summed E-state index contributed by atoms with van der Waals surface area (Å²) in [5.74, 6) is -0.188. The highest BCUT2D eigenvalue weighted by Crippen LogP contribution is 2.58. The van der Waals surface area contributed by atoms with Gasteiger partial charge >= 0.3 is 0 Å². The van der Waals surface area contributed by atoms with Gasteiger partial charge in [-0.15, -0.1) is 11.8 Å². The Bertz CT molecular complexity index is 1950. The van der Waals surface area contributed by atoms with Crippen LogP contribution in [0.15, 0.2) is 69.0 Å². The number of anilines is 1. The number of allylic oxidation sites excluding steroid dienone is 1. The van der Waals surface area contributed by atoms with Crippen molar-refractivity contribution in [2.45, 2.75) is 79.8 Å². The Kier molecular flexibility index (Phi) is 8.22. The Morgan fingerprint density at radius 2 is 1.92 bits per heavy atom. The third-order valence-corrected chi connectivity index (χ3v) is 12.7. The second-order valence-corrected chi connectivity index (χ2v) is 15.9. The molecule has 5 heterocycles. The molecule has 2 aliphatic carbocycles. The lowest BCUT2D eigenvalue weighted by atomic mass is 9.77. The van der Waals surface area contributed by atoms with Gasteiger partial charge in [0.15, 0.2) is 0 Å². The summed E-state index contributed by atoms with van der Waals surface area (Å²) in [6, 6.07) is 4.80. The molecule has 1 N–H and O–H groups in total. The molecule has 4 atom stereocenters. The van der Waals surface area contributed by atoms with Crippen LogP contribution < -0.4 is 16.4 Å². The van der Waals surface area contributed by atoms with Crippen molar-refractivity contribution in [1.82, 2.24) is 24.1 Å². The van der Waals surface area contributed by atoms with Crippen molar-refractivity contribution in [3.8, 4) is 16.8 Å². The number of ether oxygens (including phenoxy) is 1. The first-order chi connectivity index (χ1) is 23.2. The number of aryl methyl sites for hydroxylation is 1. The predicted molar refractivity (Wildman–Crippen MR) is 187 cm³/mol. The maximum absolute atomic E-state index is 15.7. The summed E-state index contributed by atoms with van der Waals surface area (Å²) in [6.07, 6.45) is 15.6. The number of halogens is 1. The van der Waals surface area contributed by atoms with E-state index in [1.54, 1.807) is 31.1 Å². The van der Waals surface area contributed by atoms with E-state index in [2.05, 4.69) is 47.3 Å². The summed E-state index contributed by atoms with van der Waals surface area (Å²) in [5, 5.41) is 8.09. The normalized spacial score (nSPS) is 27.4. The van der Waals surface area contributed by atoms with Gasteiger partial charge in [-0.25, -0.2) is 4.39 Å². The zero-order valence-electron chi connectivity index (χ0n) is 27.9. The molecule has 8 rings (SSSR count). The summed E-state index contributed by atoms with van der Waals surface area (Å²) in [7, 11) is 3.85. The number of benzene rings is 1. The molecular formula is C37H43FN6O3S. The molecule has 0 amide bonds. The largest absolute Gasteiger partial charge is 0.373 e. The summed E-state index contributed by atoms with van der Waals surface area (Å²) in [5.41, 5.74) is 4.11. The van der Waals surface area contributed by atoms with Crippen LogP contribution in [0.3, 0.4) is 0 Å². The first kappa shape index (κ1) is 31.7. The first-order valence-corrected chi connectivity index (χ1v) is 18.0. The molecule has 4 unspecified atom stereocenters. The number of hydrogen-bond donors (Lipinski definition) is 1. The minimum Gasteiger partial charge on any atom is -0.373 e. The molecule has 9 nitrogen and oxygen atoms in total. The van der Waals surface area contributed by atoms with Crippen LogP contribution in [-0.4, -0.2) is 74.3 Å². The predicted octanol–water partition coefficient (Wildman–Crippen LogP) is 5.42. The van der Waals surface area contributed by atoms with E-state index in [4.69, 9.17) is 9.84 Å². The van der Waals surface area contributed by atoms with Gasteiger partial charge in [0, 0.05) is 79.0 Å². The number of thioether (sulfide) groups is 1. The molecule has 3 aromatic rings. The van der Waals surface area contributed by atoms with Crippen molar-refractivity contribution in [3.63, 3.8) is 0 Å². The number of pyridine rings is 1. The monoisotopic (exact) mass is 670 g/mol. The van der Waals surface area contributed by atoms with Crippen LogP contribution in [0.2, 0.25) is 0 Å². The topological polar surface area (TPSA) is 84.6 Å². The van der Waals surface area contributed by atoms with E-state index in [0.29, 0.717) is 40.4 Å². The van der Waals surface area contributed by atoms with Crippen LogP contribution in [0.25, 0.3) is 16.8 Å². The lowest BCUT2D eigenvalue weighted by Gasteiger charge is -2.38. The molecule has 11 heteroatoms. The van der Waals surface area contributed by atoms with Crippen molar-refractivity contribution in [1.29, 1.82) is 0 Å². The molecule has 3 aliphatic heterocycles. The number of rotatable bonds is 2. The number of hydrogen-bond acceptors (Lipinski definition) is 8. The average molecular weight is 671 g/mol. The van der Waals surface area contributed by atoms with Gasteiger partial charge in [-0.05, 0) is 69.0 Å². The maximum Gasteiger partial charge on any atom is 0.285 e. The Hall–Kier alpha value is -3.51. The van der Waals surface area contributed by atoms with Gasteiger partial charge in [0.25, 0.3) is 11.1 Å². The van der Waals surface area contributed by atoms with Gasteiger partial charge in [-0.1, -0.05) is 25.0 Å². The SMILES string of the molecule is CN1CCN(C2C=CC3=CCC(C2)OCc2c(cc(F)cc2-n2ncc4c(c2=O)SC2(C)CCCCC42)-c2cc(c(=O)n(C)c2)N3)CC1. The lowest BCUT2D eigenvalue weighted by molar-refractivity contribution is 0.0160. The molecular weight excluding hydrogens is 628 g/mol. The highest BCUT2D eigenvalue weighted by atomic mass is 32.2. The first-order valence-electron chi connectivity index (χ1n) is 17.2. The zero-order valence-corrected chi connectivity index (χ0v) is 28.7. The minimum absolute atomic E-state index is 0.0228. The van der Waals surface area contributed by atoms with E-state index in [1.165, 1.54) is 21.4 Å². The number of likely N-dealkylation sites (N-methyl/N-ethyl adjacent to an activating group) is 1. The second-order valence-electron chi connectivity index (χ2n) is 14.3. The van der Waals surface area contributed by atoms with Gasteiger partial charge in [0.1, 0.15) is 11.5 Å². The van der Waals surface area contributed by atoms with Crippen LogP contribution in [0, 0.1) is 5.82 Å². The Labute approximate surface area is 284 Å². The van der Waals surface area contributed by atoms with E-state index in [1.807, 2.05) is 6.20 Å². The van der Waals surface area contributed by atoms with Crippen molar-refractivity contribution >= 4 is 17.4 Å². The smallest absolute Gasteiger partial charge is 0.285 e. The Morgan fingerprint density at radius 1 is 1.08 bits per heavy atom. The fourth-order valence-corrected chi connectivity index (χ4v) is 9.87. The van der Waals surface area contributed by atoms with Crippen LogP contribution in [0.1, 0.15) is 62.5 Å². The molecule has 1 saturated heterocycles. The highest BCUT2D eigenvalue weighted by molar-refractivity contribution is 8.01. The molecule has 0 spiro atoms. The summed E-state index contributed by atoms with van der Waals surface area (Å²) >= 11 is 1.67. The van der Waals surface area contributed by atoms with Crippen molar-refractivity contribution in [2.24, 2.45) is 7.05 Å². The van der Waals surface area contributed by atoms with Crippen LogP contribution in [0.4, 0.5) is 10.1 Å². The van der Waals surface area contributed by atoms with Gasteiger partial charge in [-0.3, -0.25) is 14.5 Å². The highest BCUT2D eigenvalue weighted by Gasteiger charge is 2.46. The van der Waals surface area contributed by atoms with E-state index in [9.17, 15) is 9.59 Å². The van der Waals surface area contributed by atoms with Crippen LogP contribution in [0.5, 0.6) is 0 Å². The van der Waals surface area contributed by atoms with Crippen molar-refractivity contribution < 1.29 is 9.13 Å². The van der Waals surface area contributed by atoms with E-state index < -0.39 is 5.82 Å². The number of aromatic nitrogens is 3. The van der Waals surface area contributed by atoms with Gasteiger partial charge < -0.3 is 19.5 Å². The third kappa shape index (κ3) is 5.68. The fourth-order valence-electron chi connectivity index (χ4n) is 8.28. The van der Waals surface area contributed by atoms with Gasteiger partial charge in [0.2, 0.25) is 0 Å². The molecule has 5 aliphatic rings. The van der Waals surface area contributed by atoms with Gasteiger partial charge in [0.05, 0.1) is 29.5 Å². The minimum atomic E-state index is -0.488. The molecule has 48 heavy (non-hydrogen) atoms. The molecule has 4 bridgehead atoms.